The molecular formula is C24H29N5O3. The molecule has 1 amide bonds. The van der Waals surface area contributed by atoms with Crippen molar-refractivity contribution in [1.29, 1.82) is 0 Å². The first kappa shape index (κ1) is 22.9. The number of para-hydroxylation sites is 1. The second-order valence-corrected chi connectivity index (χ2v) is 7.40. The van der Waals surface area contributed by atoms with Crippen molar-refractivity contribution in [2.45, 2.75) is 27.3 Å². The number of aromatic nitrogens is 2. The lowest BCUT2D eigenvalue weighted by Crippen LogP contribution is -2.36. The first-order valence-electron chi connectivity index (χ1n) is 10.2. The number of carbonyl (C=O) groups excluding carboxylic acids is 1. The molecule has 0 aliphatic carbocycles. The Labute approximate surface area is 188 Å². The van der Waals surface area contributed by atoms with Crippen LogP contribution in [0.4, 0.5) is 5.69 Å². The van der Waals surface area contributed by atoms with Crippen LogP contribution >= 0.6 is 0 Å². The van der Waals surface area contributed by atoms with Gasteiger partial charge in [-0.2, -0.15) is 5.10 Å². The molecule has 0 spiro atoms. The summed E-state index contributed by atoms with van der Waals surface area (Å²) in [6.45, 7) is 6.33. The second-order valence-electron chi connectivity index (χ2n) is 7.40. The van der Waals surface area contributed by atoms with Gasteiger partial charge in [0.2, 0.25) is 5.96 Å². The Hall–Kier alpha value is -3.81. The zero-order chi connectivity index (χ0) is 23.3. The molecule has 2 aromatic carbocycles. The highest BCUT2D eigenvalue weighted by molar-refractivity contribution is 6.10. The van der Waals surface area contributed by atoms with E-state index in [1.165, 1.54) is 7.11 Å². The van der Waals surface area contributed by atoms with Crippen LogP contribution in [0.3, 0.4) is 0 Å². The van der Waals surface area contributed by atoms with Crippen LogP contribution in [-0.4, -0.2) is 35.9 Å². The van der Waals surface area contributed by atoms with E-state index in [2.05, 4.69) is 20.7 Å². The minimum Gasteiger partial charge on any atom is -0.493 e. The molecule has 0 radical (unpaired) electrons. The predicted octanol–water partition coefficient (Wildman–Crippen LogP) is 3.76. The minimum atomic E-state index is -0.314. The van der Waals surface area contributed by atoms with E-state index in [1.54, 1.807) is 25.3 Å². The highest BCUT2D eigenvalue weighted by atomic mass is 16.5. The average molecular weight is 436 g/mol. The van der Waals surface area contributed by atoms with E-state index >= 15 is 0 Å². The Balaban J connectivity index is 1.89. The Morgan fingerprint density at radius 1 is 1.06 bits per heavy atom. The molecular weight excluding hydrogens is 406 g/mol. The fraction of sp³-hybridized carbons (Fsp3) is 0.292. The topological polar surface area (TPSA) is 89.8 Å². The quantitative estimate of drug-likeness (QED) is 0.455. The number of benzene rings is 2. The number of hydrogen-bond acceptors (Lipinski definition) is 5. The molecule has 0 saturated heterocycles. The Morgan fingerprint density at radius 2 is 1.78 bits per heavy atom. The van der Waals surface area contributed by atoms with Crippen molar-refractivity contribution in [2.24, 2.45) is 12.0 Å². The summed E-state index contributed by atoms with van der Waals surface area (Å²) in [4.78, 5) is 17.7. The summed E-state index contributed by atoms with van der Waals surface area (Å²) in [5.41, 5.74) is 5.29. The molecule has 1 aromatic heterocycles. The molecule has 0 atom stereocenters. The maximum absolute atomic E-state index is 13.0. The number of amides is 1. The van der Waals surface area contributed by atoms with Crippen molar-refractivity contribution in [3.8, 4) is 11.5 Å². The monoisotopic (exact) mass is 435 g/mol. The number of rotatable bonds is 6. The molecule has 0 bridgehead atoms. The molecule has 2 N–H and O–H groups in total. The Kier molecular flexibility index (Phi) is 7.14. The van der Waals surface area contributed by atoms with E-state index in [-0.39, 0.29) is 5.91 Å². The molecule has 1 heterocycles. The van der Waals surface area contributed by atoms with E-state index in [1.807, 2.05) is 56.8 Å². The standard InChI is InChI=1S/C24H29N5O3/c1-15-9-7-8-10-20(15)26-24(25-14-19-16(2)28-29(4)17(19)3)27-23(30)18-11-12-21(31-5)22(13-18)32-6/h7-13H,14H2,1-6H3,(H2,25,26,27,30). The SMILES string of the molecule is COc1ccc(C(=O)NC(=NCc2c(C)nn(C)c2C)Nc2ccccc2C)cc1OC. The van der Waals surface area contributed by atoms with Gasteiger partial charge in [-0.1, -0.05) is 18.2 Å². The summed E-state index contributed by atoms with van der Waals surface area (Å²) >= 11 is 0. The highest BCUT2D eigenvalue weighted by Gasteiger charge is 2.15. The van der Waals surface area contributed by atoms with Crippen molar-refractivity contribution < 1.29 is 14.3 Å². The maximum Gasteiger partial charge on any atom is 0.258 e. The fourth-order valence-electron chi connectivity index (χ4n) is 3.31. The highest BCUT2D eigenvalue weighted by Crippen LogP contribution is 2.27. The van der Waals surface area contributed by atoms with Crippen LogP contribution in [0.2, 0.25) is 0 Å². The van der Waals surface area contributed by atoms with Crippen LogP contribution in [0.1, 0.15) is 32.9 Å². The van der Waals surface area contributed by atoms with Gasteiger partial charge in [0.05, 0.1) is 26.5 Å². The van der Waals surface area contributed by atoms with E-state index < -0.39 is 0 Å². The third kappa shape index (κ3) is 5.08. The third-order valence-electron chi connectivity index (χ3n) is 5.33. The van der Waals surface area contributed by atoms with Gasteiger partial charge in [0.1, 0.15) is 0 Å². The summed E-state index contributed by atoms with van der Waals surface area (Å²) in [5, 5.41) is 10.6. The van der Waals surface area contributed by atoms with Crippen molar-refractivity contribution in [3.63, 3.8) is 0 Å². The maximum atomic E-state index is 13.0. The first-order valence-corrected chi connectivity index (χ1v) is 10.2. The molecule has 0 aliphatic rings. The van der Waals surface area contributed by atoms with Gasteiger partial charge < -0.3 is 14.8 Å². The number of nitrogens with zero attached hydrogens (tertiary/aromatic N) is 3. The van der Waals surface area contributed by atoms with Crippen molar-refractivity contribution in [3.05, 3.63) is 70.5 Å². The van der Waals surface area contributed by atoms with Gasteiger partial charge in [0, 0.05) is 29.6 Å². The van der Waals surface area contributed by atoms with Gasteiger partial charge >= 0.3 is 0 Å². The number of guanidine groups is 1. The number of aryl methyl sites for hydroxylation is 3. The van der Waals surface area contributed by atoms with E-state index in [0.717, 1.165) is 28.2 Å². The van der Waals surface area contributed by atoms with Crippen LogP contribution in [-0.2, 0) is 13.6 Å². The van der Waals surface area contributed by atoms with Gasteiger partial charge in [-0.15, -0.1) is 0 Å². The second kappa shape index (κ2) is 10.00. The number of carbonyl (C=O) groups is 1. The van der Waals surface area contributed by atoms with E-state index in [4.69, 9.17) is 9.47 Å². The van der Waals surface area contributed by atoms with Crippen LogP contribution in [0.5, 0.6) is 11.5 Å². The third-order valence-corrected chi connectivity index (χ3v) is 5.33. The van der Waals surface area contributed by atoms with Crippen LogP contribution < -0.4 is 20.1 Å². The number of methoxy groups -OCH3 is 2. The normalized spacial score (nSPS) is 11.2. The first-order chi connectivity index (χ1) is 15.3. The van der Waals surface area contributed by atoms with Crippen molar-refractivity contribution in [2.75, 3.05) is 19.5 Å². The van der Waals surface area contributed by atoms with Crippen LogP contribution in [0.25, 0.3) is 0 Å². The number of nitrogens with one attached hydrogen (secondary N) is 2. The molecule has 3 aromatic rings. The van der Waals surface area contributed by atoms with Gasteiger partial charge in [-0.3, -0.25) is 14.8 Å². The van der Waals surface area contributed by atoms with Crippen molar-refractivity contribution >= 4 is 17.6 Å². The summed E-state index contributed by atoms with van der Waals surface area (Å²) in [6, 6.07) is 12.8. The molecule has 32 heavy (non-hydrogen) atoms. The number of hydrogen-bond donors (Lipinski definition) is 2. The van der Waals surface area contributed by atoms with Crippen molar-refractivity contribution in [1.82, 2.24) is 15.1 Å². The van der Waals surface area contributed by atoms with Crippen LogP contribution in [0.15, 0.2) is 47.5 Å². The zero-order valence-corrected chi connectivity index (χ0v) is 19.3. The summed E-state index contributed by atoms with van der Waals surface area (Å²) in [7, 11) is 4.99. The Bertz CT molecular complexity index is 1150. The molecule has 0 fully saturated rings. The largest absolute Gasteiger partial charge is 0.493 e. The minimum absolute atomic E-state index is 0.314. The number of anilines is 1. The molecule has 168 valence electrons. The molecule has 0 aliphatic heterocycles. The van der Waals surface area contributed by atoms with Gasteiger partial charge in [0.25, 0.3) is 5.91 Å². The zero-order valence-electron chi connectivity index (χ0n) is 19.3. The van der Waals surface area contributed by atoms with Gasteiger partial charge in [-0.05, 0) is 50.6 Å². The lowest BCUT2D eigenvalue weighted by molar-refractivity contribution is 0.0976. The van der Waals surface area contributed by atoms with E-state index in [0.29, 0.717) is 29.6 Å². The van der Waals surface area contributed by atoms with Crippen LogP contribution in [0, 0.1) is 20.8 Å². The fourth-order valence-corrected chi connectivity index (χ4v) is 3.31. The molecule has 0 saturated carbocycles. The Morgan fingerprint density at radius 3 is 2.41 bits per heavy atom. The van der Waals surface area contributed by atoms with Gasteiger partial charge in [-0.25, -0.2) is 4.99 Å². The summed E-state index contributed by atoms with van der Waals surface area (Å²) in [5.74, 6) is 1.07. The molecule has 3 rings (SSSR count). The summed E-state index contributed by atoms with van der Waals surface area (Å²) < 4.78 is 12.4. The average Bonchev–Trinajstić information content (AvgIpc) is 3.03. The predicted molar refractivity (Wildman–Crippen MR) is 126 cm³/mol. The number of ether oxygens (including phenoxy) is 2. The van der Waals surface area contributed by atoms with Gasteiger partial charge in [0.15, 0.2) is 11.5 Å². The smallest absolute Gasteiger partial charge is 0.258 e. The molecule has 8 heteroatoms. The summed E-state index contributed by atoms with van der Waals surface area (Å²) in [6.07, 6.45) is 0. The lowest BCUT2D eigenvalue weighted by atomic mass is 10.2. The lowest BCUT2D eigenvalue weighted by Gasteiger charge is -2.14. The number of aliphatic imine (C=N–C) groups is 1. The van der Waals surface area contributed by atoms with E-state index in [9.17, 15) is 4.79 Å². The molecule has 8 nitrogen and oxygen atoms in total. The molecule has 0 unspecified atom stereocenters.